The summed E-state index contributed by atoms with van der Waals surface area (Å²) in [5, 5.41) is 10.9. The van der Waals surface area contributed by atoms with Crippen LogP contribution in [0.5, 0.6) is 0 Å². The first-order valence-electron chi connectivity index (χ1n) is 3.24. The second-order valence-electron chi connectivity index (χ2n) is 2.26. The van der Waals surface area contributed by atoms with Crippen molar-refractivity contribution in [2.75, 3.05) is 0 Å². The third kappa shape index (κ3) is 2.13. The molecule has 0 spiro atoms. The summed E-state index contributed by atoms with van der Waals surface area (Å²) in [6.07, 6.45) is -0.209. The molecule has 0 aliphatic rings. The van der Waals surface area contributed by atoms with Crippen LogP contribution < -0.4 is 0 Å². The summed E-state index contributed by atoms with van der Waals surface area (Å²) in [5.74, 6) is -1.17. The van der Waals surface area contributed by atoms with Gasteiger partial charge in [-0.1, -0.05) is 35.3 Å². The summed E-state index contributed by atoms with van der Waals surface area (Å²) in [7, 11) is 0. The standard InChI is InChI=1S/C8H5Cl2O2/c9-6-3-1-2-5(8(6)10)4-7(11)12/h1-3H,4H2. The van der Waals surface area contributed by atoms with Crippen LogP contribution in [-0.2, 0) is 16.3 Å². The predicted octanol–water partition coefficient (Wildman–Crippen LogP) is 2.49. The zero-order valence-corrected chi connectivity index (χ0v) is 7.52. The van der Waals surface area contributed by atoms with Gasteiger partial charge in [0.2, 0.25) is 0 Å². The largest absolute Gasteiger partial charge is 0.359 e. The van der Waals surface area contributed by atoms with Crippen LogP contribution in [0.3, 0.4) is 0 Å². The maximum atomic E-state index is 10.2. The molecule has 1 rings (SSSR count). The third-order valence-electron chi connectivity index (χ3n) is 1.37. The summed E-state index contributed by atoms with van der Waals surface area (Å²) in [6.45, 7) is 0. The predicted molar refractivity (Wildman–Crippen MR) is 45.9 cm³/mol. The Morgan fingerprint density at radius 2 is 2.00 bits per heavy atom. The Labute approximate surface area is 79.7 Å². The SMILES string of the molecule is [O]C(=O)Cc1cccc(Cl)c1Cl. The number of carbonyl (C=O) groups excluding carboxylic acids is 1. The van der Waals surface area contributed by atoms with Gasteiger partial charge in [0, 0.05) is 0 Å². The van der Waals surface area contributed by atoms with Gasteiger partial charge in [0.15, 0.2) is 0 Å². The summed E-state index contributed by atoms with van der Waals surface area (Å²) >= 11 is 11.4. The molecule has 1 aromatic carbocycles. The lowest BCUT2D eigenvalue weighted by atomic mass is 10.1. The molecule has 0 aromatic heterocycles. The Bertz CT molecular complexity index is 310. The highest BCUT2D eigenvalue weighted by molar-refractivity contribution is 6.42. The quantitative estimate of drug-likeness (QED) is 0.728. The molecule has 12 heavy (non-hydrogen) atoms. The number of carbonyl (C=O) groups is 1. The zero-order chi connectivity index (χ0) is 9.14. The molecular weight excluding hydrogens is 199 g/mol. The highest BCUT2D eigenvalue weighted by Gasteiger charge is 2.08. The van der Waals surface area contributed by atoms with E-state index in [9.17, 15) is 9.90 Å². The first-order valence-corrected chi connectivity index (χ1v) is 3.99. The van der Waals surface area contributed by atoms with Crippen molar-refractivity contribution >= 4 is 29.2 Å². The lowest BCUT2D eigenvalue weighted by Crippen LogP contribution is -1.98. The number of hydrogen-bond acceptors (Lipinski definition) is 1. The molecule has 0 N–H and O–H groups in total. The van der Waals surface area contributed by atoms with E-state index >= 15 is 0 Å². The van der Waals surface area contributed by atoms with Crippen LogP contribution in [-0.4, -0.2) is 5.97 Å². The monoisotopic (exact) mass is 203 g/mol. The van der Waals surface area contributed by atoms with Crippen molar-refractivity contribution in [2.24, 2.45) is 0 Å². The molecule has 1 aromatic rings. The topological polar surface area (TPSA) is 37.0 Å². The molecule has 2 nitrogen and oxygen atoms in total. The maximum Gasteiger partial charge on any atom is 0.359 e. The molecule has 0 aliphatic heterocycles. The van der Waals surface area contributed by atoms with E-state index in [1.807, 2.05) is 0 Å². The van der Waals surface area contributed by atoms with Crippen LogP contribution in [0.2, 0.25) is 10.0 Å². The number of benzene rings is 1. The number of hydrogen-bond donors (Lipinski definition) is 0. The molecule has 0 heterocycles. The minimum atomic E-state index is -1.17. The van der Waals surface area contributed by atoms with Crippen LogP contribution in [0.25, 0.3) is 0 Å². The van der Waals surface area contributed by atoms with E-state index in [1.165, 1.54) is 0 Å². The molecule has 0 atom stereocenters. The van der Waals surface area contributed by atoms with Crippen molar-refractivity contribution in [3.05, 3.63) is 33.8 Å². The van der Waals surface area contributed by atoms with Crippen molar-refractivity contribution in [3.8, 4) is 0 Å². The molecule has 1 radical (unpaired) electrons. The van der Waals surface area contributed by atoms with E-state index in [0.29, 0.717) is 10.6 Å². The van der Waals surface area contributed by atoms with E-state index in [-0.39, 0.29) is 11.4 Å². The van der Waals surface area contributed by atoms with Gasteiger partial charge in [0.1, 0.15) is 0 Å². The van der Waals surface area contributed by atoms with E-state index in [1.54, 1.807) is 18.2 Å². The fourth-order valence-corrected chi connectivity index (χ4v) is 1.23. The van der Waals surface area contributed by atoms with Gasteiger partial charge in [-0.2, -0.15) is 0 Å². The second kappa shape index (κ2) is 3.78. The average Bonchev–Trinajstić information content (AvgIpc) is 1.98. The minimum absolute atomic E-state index is 0.209. The molecule has 0 saturated carbocycles. The van der Waals surface area contributed by atoms with Gasteiger partial charge in [0.25, 0.3) is 0 Å². The van der Waals surface area contributed by atoms with Crippen molar-refractivity contribution in [2.45, 2.75) is 6.42 Å². The van der Waals surface area contributed by atoms with Gasteiger partial charge < -0.3 is 0 Å². The summed E-state index contributed by atoms with van der Waals surface area (Å²) in [5.41, 5.74) is 0.476. The molecule has 0 aliphatic carbocycles. The highest BCUT2D eigenvalue weighted by Crippen LogP contribution is 2.25. The smallest absolute Gasteiger partial charge is 0.247 e. The lowest BCUT2D eigenvalue weighted by molar-refractivity contribution is -0.142. The summed E-state index contributed by atoms with van der Waals surface area (Å²) in [6, 6.07) is 4.85. The van der Waals surface area contributed by atoms with Crippen LogP contribution in [0.4, 0.5) is 0 Å². The van der Waals surface area contributed by atoms with Gasteiger partial charge in [0.05, 0.1) is 16.5 Å². The van der Waals surface area contributed by atoms with E-state index < -0.39 is 5.97 Å². The molecule has 4 heteroatoms. The van der Waals surface area contributed by atoms with E-state index in [2.05, 4.69) is 0 Å². The van der Waals surface area contributed by atoms with Crippen molar-refractivity contribution in [3.63, 3.8) is 0 Å². The Morgan fingerprint density at radius 1 is 1.33 bits per heavy atom. The van der Waals surface area contributed by atoms with Crippen molar-refractivity contribution in [1.82, 2.24) is 0 Å². The molecule has 0 saturated heterocycles. The zero-order valence-electron chi connectivity index (χ0n) is 6.01. The first-order chi connectivity index (χ1) is 5.61. The van der Waals surface area contributed by atoms with Gasteiger partial charge >= 0.3 is 5.97 Å². The van der Waals surface area contributed by atoms with Gasteiger partial charge in [-0.05, 0) is 11.6 Å². The van der Waals surface area contributed by atoms with E-state index in [4.69, 9.17) is 23.2 Å². The van der Waals surface area contributed by atoms with Crippen LogP contribution in [0.1, 0.15) is 5.56 Å². The Morgan fingerprint density at radius 3 is 2.58 bits per heavy atom. The molecule has 0 unspecified atom stereocenters. The Hall–Kier alpha value is -0.730. The third-order valence-corrected chi connectivity index (χ3v) is 2.22. The normalized spacial score (nSPS) is 9.83. The molecular formula is C8H5Cl2O2. The summed E-state index contributed by atoms with van der Waals surface area (Å²) in [4.78, 5) is 10.2. The van der Waals surface area contributed by atoms with Crippen molar-refractivity contribution < 1.29 is 9.90 Å². The molecule has 63 valence electrons. The van der Waals surface area contributed by atoms with Gasteiger partial charge in [-0.15, -0.1) is 0 Å². The second-order valence-corrected chi connectivity index (χ2v) is 3.05. The maximum absolute atomic E-state index is 10.2. The van der Waals surface area contributed by atoms with Gasteiger partial charge in [-0.3, -0.25) is 0 Å². The van der Waals surface area contributed by atoms with Crippen LogP contribution in [0.15, 0.2) is 18.2 Å². The number of rotatable bonds is 2. The molecule has 0 fully saturated rings. The first kappa shape index (κ1) is 9.36. The van der Waals surface area contributed by atoms with Crippen LogP contribution in [0, 0.1) is 0 Å². The van der Waals surface area contributed by atoms with Crippen molar-refractivity contribution in [1.29, 1.82) is 0 Å². The molecule has 0 amide bonds. The summed E-state index contributed by atoms with van der Waals surface area (Å²) < 4.78 is 0. The fraction of sp³-hybridized carbons (Fsp3) is 0.125. The Kier molecular flexibility index (Phi) is 2.95. The van der Waals surface area contributed by atoms with Gasteiger partial charge in [-0.25, -0.2) is 9.90 Å². The number of halogens is 2. The minimum Gasteiger partial charge on any atom is -0.247 e. The fourth-order valence-electron chi connectivity index (χ4n) is 0.840. The van der Waals surface area contributed by atoms with E-state index in [0.717, 1.165) is 0 Å². The lowest BCUT2D eigenvalue weighted by Gasteiger charge is -2.00. The average molecular weight is 204 g/mol. The Balaban J connectivity index is 3.00. The highest BCUT2D eigenvalue weighted by atomic mass is 35.5. The van der Waals surface area contributed by atoms with Crippen LogP contribution >= 0.6 is 23.2 Å². The molecule has 0 bridgehead atoms.